The van der Waals surface area contributed by atoms with Gasteiger partial charge in [0.05, 0.1) is 0 Å². The summed E-state index contributed by atoms with van der Waals surface area (Å²) in [5, 5.41) is 4.40. The predicted molar refractivity (Wildman–Crippen MR) is 44.1 cm³/mol. The second-order valence-electron chi connectivity index (χ2n) is 1.16. The van der Waals surface area contributed by atoms with Crippen LogP contribution in [0, 0.1) is 0 Å². The molecule has 0 amide bonds. The molecule has 0 aromatic heterocycles. The summed E-state index contributed by atoms with van der Waals surface area (Å²) in [6.45, 7) is 2.65. The van der Waals surface area contributed by atoms with Crippen LogP contribution in [0.1, 0.15) is 6.92 Å². The van der Waals surface area contributed by atoms with Gasteiger partial charge in [-0.05, 0) is 6.54 Å². The van der Waals surface area contributed by atoms with Gasteiger partial charge in [-0.25, -0.2) is 9.86 Å². The summed E-state index contributed by atoms with van der Waals surface area (Å²) in [5.41, 5.74) is 4.85. The van der Waals surface area contributed by atoms with Gasteiger partial charge in [0.2, 0.25) is 0 Å². The Kier molecular flexibility index (Phi) is 15.1. The van der Waals surface area contributed by atoms with Gasteiger partial charge in [0.1, 0.15) is 0 Å². The van der Waals surface area contributed by atoms with Gasteiger partial charge in [-0.3, -0.25) is 0 Å². The topological polar surface area (TPSA) is 98.2 Å². The van der Waals surface area contributed by atoms with Gasteiger partial charge < -0.3 is 5.73 Å². The molecule has 66 valence electrons. The molecule has 0 unspecified atom stereocenters. The second kappa shape index (κ2) is 9.12. The Morgan fingerprint density at radius 2 is 1.60 bits per heavy atom. The molecule has 0 rings (SSSR count). The highest BCUT2D eigenvalue weighted by Crippen LogP contribution is 1.53. The molecule has 0 spiro atoms. The Balaban J connectivity index is -0.000000107. The fraction of sp³-hybridized carbons (Fsp3) is 1.00. The van der Waals surface area contributed by atoms with Crippen molar-refractivity contribution in [1.82, 2.24) is 4.72 Å². The lowest BCUT2D eigenvalue weighted by molar-refractivity contribution is 0.590. The molecule has 0 aliphatic rings. The molecule has 10 heavy (non-hydrogen) atoms. The van der Waals surface area contributed by atoms with Crippen LogP contribution >= 0.6 is 12.4 Å². The molecule has 5 nitrogen and oxygen atoms in total. The highest BCUT2D eigenvalue weighted by atomic mass is 35.5. The van der Waals surface area contributed by atoms with Crippen molar-refractivity contribution in [3.05, 3.63) is 0 Å². The smallest absolute Gasteiger partial charge is 0.274 e. The Hall–Kier alpha value is 0.120. The third-order valence-corrected chi connectivity index (χ3v) is 0.854. The average molecular weight is 192 g/mol. The molecule has 0 aromatic rings. The summed E-state index contributed by atoms with van der Waals surface area (Å²) in [4.78, 5) is 0. The molecular formula is C3H14ClN3O2S. The predicted octanol–water partition coefficient (Wildman–Crippen LogP) is -1.20. The minimum Gasteiger partial charge on any atom is -0.331 e. The van der Waals surface area contributed by atoms with E-state index in [1.807, 2.05) is 11.6 Å². The van der Waals surface area contributed by atoms with E-state index in [2.05, 4.69) is 5.14 Å². The van der Waals surface area contributed by atoms with E-state index in [1.54, 1.807) is 0 Å². The third kappa shape index (κ3) is 42.3. The van der Waals surface area contributed by atoms with Crippen LogP contribution in [0.5, 0.6) is 0 Å². The summed E-state index contributed by atoms with van der Waals surface area (Å²) in [6.07, 6.45) is 0. The van der Waals surface area contributed by atoms with E-state index in [4.69, 9.17) is 5.73 Å². The summed E-state index contributed by atoms with van der Waals surface area (Å²) in [6, 6.07) is 0. The molecule has 0 heterocycles. The van der Waals surface area contributed by atoms with Crippen LogP contribution < -0.4 is 15.6 Å². The maximum Gasteiger partial charge on any atom is 0.274 e. The highest BCUT2D eigenvalue weighted by Gasteiger charge is 1.88. The average Bonchev–Trinajstić information content (AvgIpc) is 1.67. The Morgan fingerprint density at radius 1 is 1.50 bits per heavy atom. The minimum atomic E-state index is -3.41. The molecule has 0 saturated heterocycles. The van der Waals surface area contributed by atoms with E-state index in [-0.39, 0.29) is 12.4 Å². The first-order valence-electron chi connectivity index (χ1n) is 2.39. The Bertz CT molecular complexity index is 135. The lowest BCUT2D eigenvalue weighted by Crippen LogP contribution is -2.26. The molecule has 0 saturated carbocycles. The van der Waals surface area contributed by atoms with Crippen LogP contribution in [0.3, 0.4) is 0 Å². The van der Waals surface area contributed by atoms with Crippen molar-refractivity contribution >= 4 is 22.6 Å². The van der Waals surface area contributed by atoms with Crippen molar-refractivity contribution in [3.8, 4) is 0 Å². The third-order valence-electron chi connectivity index (χ3n) is 0.285. The SMILES string of the molecule is CCN.CNS(N)(=O)=O.Cl. The molecule has 5 N–H and O–H groups in total. The molecule has 0 aromatic carbocycles. The van der Waals surface area contributed by atoms with Gasteiger partial charge in [0, 0.05) is 7.05 Å². The van der Waals surface area contributed by atoms with Gasteiger partial charge in [0.25, 0.3) is 10.2 Å². The zero-order valence-corrected chi connectivity index (χ0v) is 7.63. The van der Waals surface area contributed by atoms with Crippen molar-refractivity contribution < 1.29 is 8.42 Å². The molecule has 0 fully saturated rings. The minimum absolute atomic E-state index is 0. The van der Waals surface area contributed by atoms with E-state index in [9.17, 15) is 8.42 Å². The van der Waals surface area contributed by atoms with E-state index < -0.39 is 10.2 Å². The van der Waals surface area contributed by atoms with Gasteiger partial charge in [-0.2, -0.15) is 8.42 Å². The summed E-state index contributed by atoms with van der Waals surface area (Å²) < 4.78 is 21.2. The molecule has 0 bridgehead atoms. The number of halogens is 1. The summed E-state index contributed by atoms with van der Waals surface area (Å²) in [7, 11) is -2.17. The van der Waals surface area contributed by atoms with Gasteiger partial charge in [-0.15, -0.1) is 12.4 Å². The van der Waals surface area contributed by atoms with Crippen molar-refractivity contribution in [2.75, 3.05) is 13.6 Å². The molecular weight excluding hydrogens is 178 g/mol. The molecule has 0 aliphatic heterocycles. The maximum absolute atomic E-state index is 9.67. The molecule has 0 atom stereocenters. The molecule has 7 heteroatoms. The van der Waals surface area contributed by atoms with Gasteiger partial charge in [-0.1, -0.05) is 6.92 Å². The van der Waals surface area contributed by atoms with Crippen LogP contribution in [-0.4, -0.2) is 22.0 Å². The van der Waals surface area contributed by atoms with Crippen molar-refractivity contribution in [2.45, 2.75) is 6.92 Å². The van der Waals surface area contributed by atoms with E-state index >= 15 is 0 Å². The maximum atomic E-state index is 9.67. The first-order chi connectivity index (χ1) is 3.97. The quantitative estimate of drug-likeness (QED) is 0.486. The standard InChI is InChI=1S/C2H7N.CH6N2O2S.ClH/c1-2-3;1-3-6(2,4)5;/h2-3H2,1H3;3H,1H3,(H2,2,4,5);1H. The van der Waals surface area contributed by atoms with Crippen molar-refractivity contribution in [3.63, 3.8) is 0 Å². The number of rotatable bonds is 1. The lowest BCUT2D eigenvalue weighted by atomic mass is 10.8. The van der Waals surface area contributed by atoms with Crippen LogP contribution in [0.25, 0.3) is 0 Å². The summed E-state index contributed by atoms with van der Waals surface area (Å²) >= 11 is 0. The molecule has 0 radical (unpaired) electrons. The summed E-state index contributed by atoms with van der Waals surface area (Å²) in [5.74, 6) is 0. The van der Waals surface area contributed by atoms with Crippen molar-refractivity contribution in [2.24, 2.45) is 10.9 Å². The number of hydrogen-bond acceptors (Lipinski definition) is 3. The molecule has 0 aliphatic carbocycles. The van der Waals surface area contributed by atoms with Gasteiger partial charge >= 0.3 is 0 Å². The Morgan fingerprint density at radius 3 is 1.60 bits per heavy atom. The first kappa shape index (κ1) is 16.6. The van der Waals surface area contributed by atoms with Gasteiger partial charge in [0.15, 0.2) is 0 Å². The van der Waals surface area contributed by atoms with Crippen LogP contribution in [0.4, 0.5) is 0 Å². The first-order valence-corrected chi connectivity index (χ1v) is 3.93. The van der Waals surface area contributed by atoms with Crippen molar-refractivity contribution in [1.29, 1.82) is 0 Å². The normalized spacial score (nSPS) is 8.80. The fourth-order valence-corrected chi connectivity index (χ4v) is 0. The number of nitrogens with two attached hydrogens (primary N) is 2. The lowest BCUT2D eigenvalue weighted by Gasteiger charge is -1.85. The Labute approximate surface area is 67.8 Å². The zero-order chi connectivity index (χ0) is 7.91. The zero-order valence-electron chi connectivity index (χ0n) is 5.99. The fourth-order valence-electron chi connectivity index (χ4n) is 0. The monoisotopic (exact) mass is 191 g/mol. The number of nitrogens with one attached hydrogen (secondary N) is 1. The number of hydrogen-bond donors (Lipinski definition) is 3. The van der Waals surface area contributed by atoms with E-state index in [1.165, 1.54) is 7.05 Å². The largest absolute Gasteiger partial charge is 0.331 e. The highest BCUT2D eigenvalue weighted by molar-refractivity contribution is 7.87. The van der Waals surface area contributed by atoms with Crippen LogP contribution in [0.15, 0.2) is 0 Å². The second-order valence-corrected chi connectivity index (χ2v) is 2.66. The van der Waals surface area contributed by atoms with Crippen LogP contribution in [0.2, 0.25) is 0 Å². The van der Waals surface area contributed by atoms with Crippen LogP contribution in [-0.2, 0) is 10.2 Å². The van der Waals surface area contributed by atoms with E-state index in [0.29, 0.717) is 0 Å². The van der Waals surface area contributed by atoms with E-state index in [0.717, 1.165) is 6.54 Å².